The molecule has 0 aromatic rings. The van der Waals surface area contributed by atoms with Gasteiger partial charge in [0.25, 0.3) is 0 Å². The van der Waals surface area contributed by atoms with Crippen molar-refractivity contribution in [2.24, 2.45) is 5.92 Å². The Bertz CT molecular complexity index is 252. The van der Waals surface area contributed by atoms with Gasteiger partial charge in [0.15, 0.2) is 0 Å². The van der Waals surface area contributed by atoms with E-state index >= 15 is 0 Å². The minimum Gasteiger partial charge on any atom is -0.393 e. The Labute approximate surface area is 103 Å². The standard InChI is InChI=1S/C13H24N2O2/c16-12-6-4-5-11(9-12)10-14-13(17)15-7-2-1-3-8-15/h11-12,16H,1-10H2,(H,14,17). The molecule has 2 aliphatic rings. The van der Waals surface area contributed by atoms with Gasteiger partial charge in [0.1, 0.15) is 0 Å². The predicted molar refractivity (Wildman–Crippen MR) is 66.8 cm³/mol. The smallest absolute Gasteiger partial charge is 0.317 e. The molecule has 17 heavy (non-hydrogen) atoms. The number of nitrogens with one attached hydrogen (secondary N) is 1. The van der Waals surface area contributed by atoms with Crippen LogP contribution in [0.5, 0.6) is 0 Å². The van der Waals surface area contributed by atoms with Crippen LogP contribution in [0.4, 0.5) is 4.79 Å². The maximum atomic E-state index is 11.9. The van der Waals surface area contributed by atoms with Gasteiger partial charge in [-0.3, -0.25) is 0 Å². The van der Waals surface area contributed by atoms with Crippen molar-refractivity contribution in [1.29, 1.82) is 0 Å². The van der Waals surface area contributed by atoms with Crippen LogP contribution in [-0.4, -0.2) is 41.8 Å². The van der Waals surface area contributed by atoms with Gasteiger partial charge in [-0.05, 0) is 44.4 Å². The number of likely N-dealkylation sites (tertiary alicyclic amines) is 1. The Kier molecular flexibility index (Phi) is 4.66. The fourth-order valence-electron chi connectivity index (χ4n) is 2.89. The number of amides is 2. The number of urea groups is 1. The fourth-order valence-corrected chi connectivity index (χ4v) is 2.89. The number of aliphatic hydroxyl groups excluding tert-OH is 1. The van der Waals surface area contributed by atoms with Crippen molar-refractivity contribution < 1.29 is 9.90 Å². The first-order valence-electron chi connectivity index (χ1n) is 6.96. The molecule has 2 rings (SSSR count). The first-order valence-corrected chi connectivity index (χ1v) is 6.96. The fraction of sp³-hybridized carbons (Fsp3) is 0.923. The van der Waals surface area contributed by atoms with E-state index < -0.39 is 0 Å². The summed E-state index contributed by atoms with van der Waals surface area (Å²) in [7, 11) is 0. The van der Waals surface area contributed by atoms with Crippen molar-refractivity contribution in [1.82, 2.24) is 10.2 Å². The number of carbonyl (C=O) groups excluding carboxylic acids is 1. The van der Waals surface area contributed by atoms with Crippen LogP contribution in [-0.2, 0) is 0 Å². The van der Waals surface area contributed by atoms with Gasteiger partial charge in [-0.1, -0.05) is 6.42 Å². The number of rotatable bonds is 2. The highest BCUT2D eigenvalue weighted by Crippen LogP contribution is 2.23. The van der Waals surface area contributed by atoms with Crippen molar-refractivity contribution >= 4 is 6.03 Å². The van der Waals surface area contributed by atoms with E-state index in [1.165, 1.54) is 6.42 Å². The van der Waals surface area contributed by atoms with Crippen LogP contribution < -0.4 is 5.32 Å². The average Bonchev–Trinajstić information content (AvgIpc) is 2.37. The summed E-state index contributed by atoms with van der Waals surface area (Å²) in [6.45, 7) is 2.53. The molecule has 4 heteroatoms. The van der Waals surface area contributed by atoms with Crippen LogP contribution in [0.25, 0.3) is 0 Å². The van der Waals surface area contributed by atoms with Crippen molar-refractivity contribution in [3.8, 4) is 0 Å². The monoisotopic (exact) mass is 240 g/mol. The summed E-state index contributed by atoms with van der Waals surface area (Å²) in [6, 6.07) is 0.0877. The van der Waals surface area contributed by atoms with Gasteiger partial charge >= 0.3 is 6.03 Å². The molecule has 2 atom stereocenters. The molecule has 2 fully saturated rings. The summed E-state index contributed by atoms with van der Waals surface area (Å²) < 4.78 is 0. The highest BCUT2D eigenvalue weighted by molar-refractivity contribution is 5.74. The van der Waals surface area contributed by atoms with Crippen molar-refractivity contribution in [3.05, 3.63) is 0 Å². The summed E-state index contributed by atoms with van der Waals surface area (Å²) in [5, 5.41) is 12.6. The predicted octanol–water partition coefficient (Wildman–Crippen LogP) is 1.73. The van der Waals surface area contributed by atoms with Crippen LogP contribution in [0.15, 0.2) is 0 Å². The lowest BCUT2D eigenvalue weighted by Crippen LogP contribution is -2.44. The van der Waals surface area contributed by atoms with Gasteiger partial charge in [-0.15, -0.1) is 0 Å². The Hall–Kier alpha value is -0.770. The van der Waals surface area contributed by atoms with Crippen molar-refractivity contribution in [2.75, 3.05) is 19.6 Å². The molecule has 2 amide bonds. The molecular formula is C13H24N2O2. The molecule has 1 aliphatic carbocycles. The molecule has 0 aromatic heterocycles. The minimum atomic E-state index is -0.152. The first-order chi connectivity index (χ1) is 8.25. The van der Waals surface area contributed by atoms with E-state index in [-0.39, 0.29) is 12.1 Å². The van der Waals surface area contributed by atoms with E-state index in [1.807, 2.05) is 4.90 Å². The van der Waals surface area contributed by atoms with Crippen LogP contribution in [0.1, 0.15) is 44.9 Å². The zero-order valence-electron chi connectivity index (χ0n) is 10.5. The molecule has 0 aromatic carbocycles. The molecule has 1 heterocycles. The van der Waals surface area contributed by atoms with E-state index in [0.29, 0.717) is 5.92 Å². The lowest BCUT2D eigenvalue weighted by atomic mass is 9.87. The summed E-state index contributed by atoms with van der Waals surface area (Å²) in [4.78, 5) is 13.8. The third-order valence-electron chi connectivity index (χ3n) is 3.94. The molecule has 98 valence electrons. The largest absolute Gasteiger partial charge is 0.393 e. The van der Waals surface area contributed by atoms with E-state index in [4.69, 9.17) is 0 Å². The highest BCUT2D eigenvalue weighted by Gasteiger charge is 2.22. The molecule has 1 saturated carbocycles. The zero-order chi connectivity index (χ0) is 12.1. The Morgan fingerprint density at radius 2 is 1.94 bits per heavy atom. The van der Waals surface area contributed by atoms with Gasteiger partial charge in [-0.25, -0.2) is 4.79 Å². The van der Waals surface area contributed by atoms with Crippen LogP contribution >= 0.6 is 0 Å². The van der Waals surface area contributed by atoms with E-state index in [2.05, 4.69) is 5.32 Å². The number of nitrogens with zero attached hydrogens (tertiary/aromatic N) is 1. The number of aliphatic hydroxyl groups is 1. The third kappa shape index (κ3) is 3.87. The maximum absolute atomic E-state index is 11.9. The second-order valence-corrected chi connectivity index (χ2v) is 5.42. The maximum Gasteiger partial charge on any atom is 0.317 e. The van der Waals surface area contributed by atoms with Crippen LogP contribution in [0, 0.1) is 5.92 Å². The number of carbonyl (C=O) groups is 1. The lowest BCUT2D eigenvalue weighted by Gasteiger charge is -2.29. The van der Waals surface area contributed by atoms with Gasteiger partial charge < -0.3 is 15.3 Å². The van der Waals surface area contributed by atoms with Gasteiger partial charge in [-0.2, -0.15) is 0 Å². The van der Waals surface area contributed by atoms with Gasteiger partial charge in [0.2, 0.25) is 0 Å². The average molecular weight is 240 g/mol. The molecule has 2 N–H and O–H groups in total. The third-order valence-corrected chi connectivity index (χ3v) is 3.94. The Balaban J connectivity index is 1.68. The molecule has 4 nitrogen and oxygen atoms in total. The Morgan fingerprint density at radius 3 is 2.65 bits per heavy atom. The molecular weight excluding hydrogens is 216 g/mol. The quantitative estimate of drug-likeness (QED) is 0.772. The molecule has 2 unspecified atom stereocenters. The first kappa shape index (κ1) is 12.7. The zero-order valence-corrected chi connectivity index (χ0v) is 10.5. The number of hydrogen-bond donors (Lipinski definition) is 2. The second-order valence-electron chi connectivity index (χ2n) is 5.42. The lowest BCUT2D eigenvalue weighted by molar-refractivity contribution is 0.1000. The normalized spacial score (nSPS) is 30.1. The topological polar surface area (TPSA) is 52.6 Å². The second kappa shape index (κ2) is 6.24. The summed E-state index contributed by atoms with van der Waals surface area (Å²) in [5.74, 6) is 0.465. The minimum absolute atomic E-state index is 0.0877. The SMILES string of the molecule is O=C(NCC1CCCC(O)C1)N1CCCCC1. The van der Waals surface area contributed by atoms with Gasteiger partial charge in [0.05, 0.1) is 6.10 Å². The van der Waals surface area contributed by atoms with Crippen LogP contribution in [0.3, 0.4) is 0 Å². The molecule has 0 radical (unpaired) electrons. The Morgan fingerprint density at radius 1 is 1.18 bits per heavy atom. The summed E-state index contributed by atoms with van der Waals surface area (Å²) in [5.41, 5.74) is 0. The molecule has 1 saturated heterocycles. The van der Waals surface area contributed by atoms with Crippen molar-refractivity contribution in [3.63, 3.8) is 0 Å². The molecule has 0 bridgehead atoms. The number of hydrogen-bond acceptors (Lipinski definition) is 2. The van der Waals surface area contributed by atoms with Gasteiger partial charge in [0, 0.05) is 19.6 Å². The van der Waals surface area contributed by atoms with E-state index in [0.717, 1.165) is 58.2 Å². The van der Waals surface area contributed by atoms with E-state index in [1.54, 1.807) is 0 Å². The molecule has 0 spiro atoms. The van der Waals surface area contributed by atoms with Crippen LogP contribution in [0.2, 0.25) is 0 Å². The molecule has 1 aliphatic heterocycles. The summed E-state index contributed by atoms with van der Waals surface area (Å²) in [6.07, 6.45) is 7.37. The number of piperidine rings is 1. The van der Waals surface area contributed by atoms with Crippen molar-refractivity contribution in [2.45, 2.75) is 51.0 Å². The van der Waals surface area contributed by atoms with E-state index in [9.17, 15) is 9.90 Å². The highest BCUT2D eigenvalue weighted by atomic mass is 16.3. The summed E-state index contributed by atoms with van der Waals surface area (Å²) >= 11 is 0.